The van der Waals surface area contributed by atoms with Gasteiger partial charge in [-0.1, -0.05) is 24.3 Å². The molecule has 4 heterocycles. The van der Waals surface area contributed by atoms with Gasteiger partial charge in [-0.25, -0.2) is 4.98 Å². The summed E-state index contributed by atoms with van der Waals surface area (Å²) < 4.78 is 10.8. The van der Waals surface area contributed by atoms with Crippen LogP contribution < -0.4 is 5.32 Å². The summed E-state index contributed by atoms with van der Waals surface area (Å²) in [6.45, 7) is 2.04. The molecule has 1 unspecified atom stereocenters. The van der Waals surface area contributed by atoms with E-state index in [1.54, 1.807) is 19.4 Å². The van der Waals surface area contributed by atoms with Crippen molar-refractivity contribution in [3.8, 4) is 0 Å². The first-order valence-corrected chi connectivity index (χ1v) is 11.4. The number of aromatic nitrogens is 1. The molecule has 3 aromatic heterocycles. The number of hydrogen-bond acceptors (Lipinski definition) is 6. The predicted octanol–water partition coefficient (Wildman–Crippen LogP) is 4.05. The van der Waals surface area contributed by atoms with Crippen molar-refractivity contribution in [2.75, 3.05) is 33.4 Å². The summed E-state index contributed by atoms with van der Waals surface area (Å²) in [5.41, 5.74) is 1.68. The molecule has 1 aliphatic heterocycles. The number of nitrogens with zero attached hydrogens (tertiary/aromatic N) is 2. The highest BCUT2D eigenvalue weighted by molar-refractivity contribution is 7.20. The molecule has 0 radical (unpaired) electrons. The van der Waals surface area contributed by atoms with Gasteiger partial charge < -0.3 is 19.4 Å². The molecule has 2 amide bonds. The van der Waals surface area contributed by atoms with Crippen LogP contribution in [0.25, 0.3) is 21.2 Å². The number of amides is 2. The van der Waals surface area contributed by atoms with Crippen LogP contribution in [0, 0.1) is 0 Å². The fourth-order valence-electron chi connectivity index (χ4n) is 4.30. The summed E-state index contributed by atoms with van der Waals surface area (Å²) in [7, 11) is 1.60. The summed E-state index contributed by atoms with van der Waals surface area (Å²) >= 11 is 1.40. The van der Waals surface area contributed by atoms with Crippen molar-refractivity contribution in [2.45, 2.75) is 12.3 Å². The highest BCUT2D eigenvalue weighted by Crippen LogP contribution is 2.39. The monoisotopic (exact) mass is 449 g/mol. The number of likely N-dealkylation sites (tertiary alicyclic amines) is 1. The van der Waals surface area contributed by atoms with E-state index in [0.717, 1.165) is 27.6 Å². The summed E-state index contributed by atoms with van der Waals surface area (Å²) in [6, 6.07) is 13.3. The summed E-state index contributed by atoms with van der Waals surface area (Å²) in [5.74, 6) is 0.167. The van der Waals surface area contributed by atoms with Gasteiger partial charge in [0.25, 0.3) is 11.8 Å². The van der Waals surface area contributed by atoms with Crippen LogP contribution in [0.15, 0.2) is 53.1 Å². The number of para-hydroxylation sites is 1. The lowest BCUT2D eigenvalue weighted by Crippen LogP contribution is -2.29. The van der Waals surface area contributed by atoms with Crippen LogP contribution in [-0.4, -0.2) is 55.0 Å². The number of fused-ring (bicyclic) bond motifs is 2. The van der Waals surface area contributed by atoms with Crippen molar-refractivity contribution < 1.29 is 18.7 Å². The predicted molar refractivity (Wildman–Crippen MR) is 123 cm³/mol. The Bertz CT molecular complexity index is 1260. The van der Waals surface area contributed by atoms with Gasteiger partial charge in [0, 0.05) is 49.6 Å². The molecule has 4 aromatic rings. The minimum absolute atomic E-state index is 0.0597. The van der Waals surface area contributed by atoms with Crippen molar-refractivity contribution in [1.29, 1.82) is 0 Å². The molecule has 1 aliphatic rings. The summed E-state index contributed by atoms with van der Waals surface area (Å²) in [5, 5.41) is 4.82. The van der Waals surface area contributed by atoms with Crippen LogP contribution in [0.5, 0.6) is 0 Å². The number of rotatable bonds is 6. The van der Waals surface area contributed by atoms with E-state index in [4.69, 9.17) is 9.15 Å². The van der Waals surface area contributed by atoms with E-state index in [9.17, 15) is 9.59 Å². The zero-order chi connectivity index (χ0) is 22.1. The third-order valence-electron chi connectivity index (χ3n) is 5.82. The van der Waals surface area contributed by atoms with Crippen LogP contribution in [0.4, 0.5) is 0 Å². The summed E-state index contributed by atoms with van der Waals surface area (Å²) in [6.07, 6.45) is 2.52. The van der Waals surface area contributed by atoms with Crippen LogP contribution in [0.3, 0.4) is 0 Å². The standard InChI is InChI=1S/C24H23N3O4S/c1-30-12-10-25-22(28)21-20(17-6-4-9-26-23(17)32-21)16-8-11-27(14-16)24(29)19-13-15-5-2-3-7-18(15)31-19/h2-7,9,13,16H,8,10-12,14H2,1H3,(H,25,28). The molecule has 0 saturated carbocycles. The third kappa shape index (κ3) is 3.76. The molecule has 0 spiro atoms. The van der Waals surface area contributed by atoms with Gasteiger partial charge in [0.2, 0.25) is 0 Å². The Morgan fingerprint density at radius 2 is 2.16 bits per heavy atom. The van der Waals surface area contributed by atoms with Gasteiger partial charge in [-0.05, 0) is 30.2 Å². The Labute approximate surface area is 189 Å². The van der Waals surface area contributed by atoms with Crippen molar-refractivity contribution in [1.82, 2.24) is 15.2 Å². The average Bonchev–Trinajstić information content (AvgIpc) is 3.54. The smallest absolute Gasteiger partial charge is 0.289 e. The van der Waals surface area contributed by atoms with Gasteiger partial charge >= 0.3 is 0 Å². The fourth-order valence-corrected chi connectivity index (χ4v) is 5.44. The average molecular weight is 450 g/mol. The molecular weight excluding hydrogens is 426 g/mol. The van der Waals surface area contributed by atoms with E-state index >= 15 is 0 Å². The number of thiophene rings is 1. The maximum atomic E-state index is 13.1. The van der Waals surface area contributed by atoms with Gasteiger partial charge in [0.05, 0.1) is 11.5 Å². The lowest BCUT2D eigenvalue weighted by molar-refractivity contribution is 0.0761. The topological polar surface area (TPSA) is 84.7 Å². The number of pyridine rings is 1. The molecule has 7 nitrogen and oxygen atoms in total. The number of methoxy groups -OCH3 is 1. The molecule has 8 heteroatoms. The largest absolute Gasteiger partial charge is 0.451 e. The SMILES string of the molecule is COCCNC(=O)c1sc2ncccc2c1C1CCN(C(=O)c2cc3ccccc3o2)C1. The number of benzene rings is 1. The molecule has 1 saturated heterocycles. The lowest BCUT2D eigenvalue weighted by Gasteiger charge is -2.16. The van der Waals surface area contributed by atoms with E-state index in [1.807, 2.05) is 41.3 Å². The van der Waals surface area contributed by atoms with E-state index < -0.39 is 0 Å². The zero-order valence-electron chi connectivity index (χ0n) is 17.7. The van der Waals surface area contributed by atoms with Crippen LogP contribution in [0.1, 0.15) is 38.1 Å². The number of ether oxygens (including phenoxy) is 1. The maximum absolute atomic E-state index is 13.1. The van der Waals surface area contributed by atoms with E-state index in [2.05, 4.69) is 10.3 Å². The maximum Gasteiger partial charge on any atom is 0.289 e. The molecule has 32 heavy (non-hydrogen) atoms. The highest BCUT2D eigenvalue weighted by Gasteiger charge is 2.34. The molecule has 0 aliphatic carbocycles. The molecule has 164 valence electrons. The highest BCUT2D eigenvalue weighted by atomic mass is 32.1. The van der Waals surface area contributed by atoms with Gasteiger partial charge in [0.15, 0.2) is 5.76 Å². The molecule has 1 aromatic carbocycles. The van der Waals surface area contributed by atoms with E-state index in [1.165, 1.54) is 11.3 Å². The molecule has 0 bridgehead atoms. The minimum Gasteiger partial charge on any atom is -0.451 e. The van der Waals surface area contributed by atoms with Gasteiger partial charge in [-0.2, -0.15) is 0 Å². The molecular formula is C24H23N3O4S. The van der Waals surface area contributed by atoms with Gasteiger partial charge in [0.1, 0.15) is 10.4 Å². The second kappa shape index (κ2) is 8.72. The number of carbonyl (C=O) groups is 2. The number of carbonyl (C=O) groups excluding carboxylic acids is 2. The van der Waals surface area contributed by atoms with Crippen LogP contribution in [-0.2, 0) is 4.74 Å². The first-order valence-electron chi connectivity index (χ1n) is 10.6. The second-order valence-corrected chi connectivity index (χ2v) is 8.83. The number of furan rings is 1. The Kier molecular flexibility index (Phi) is 5.63. The molecule has 5 rings (SSSR count). The van der Waals surface area contributed by atoms with Crippen molar-refractivity contribution in [3.63, 3.8) is 0 Å². The van der Waals surface area contributed by atoms with Crippen LogP contribution in [0.2, 0.25) is 0 Å². The quantitative estimate of drug-likeness (QED) is 0.449. The molecule has 1 fully saturated rings. The Hall–Kier alpha value is -3.23. The van der Waals surface area contributed by atoms with E-state index in [-0.39, 0.29) is 17.7 Å². The Balaban J connectivity index is 1.41. The van der Waals surface area contributed by atoms with Crippen molar-refractivity contribution >= 4 is 44.3 Å². The number of hydrogen-bond donors (Lipinski definition) is 1. The van der Waals surface area contributed by atoms with Crippen molar-refractivity contribution in [2.24, 2.45) is 0 Å². The first kappa shape index (κ1) is 20.7. The van der Waals surface area contributed by atoms with E-state index in [0.29, 0.717) is 42.5 Å². The minimum atomic E-state index is -0.123. The third-order valence-corrected chi connectivity index (χ3v) is 6.95. The number of nitrogens with one attached hydrogen (secondary N) is 1. The Morgan fingerprint density at radius 3 is 3.00 bits per heavy atom. The molecule has 1 atom stereocenters. The van der Waals surface area contributed by atoms with Crippen LogP contribution >= 0.6 is 11.3 Å². The second-order valence-electron chi connectivity index (χ2n) is 7.83. The first-order chi connectivity index (χ1) is 15.7. The molecule has 1 N–H and O–H groups in total. The Morgan fingerprint density at radius 1 is 1.28 bits per heavy atom. The normalized spacial score (nSPS) is 16.2. The van der Waals surface area contributed by atoms with Crippen molar-refractivity contribution in [3.05, 3.63) is 64.9 Å². The fraction of sp³-hybridized carbons (Fsp3) is 0.292. The summed E-state index contributed by atoms with van der Waals surface area (Å²) in [4.78, 5) is 33.8. The zero-order valence-corrected chi connectivity index (χ0v) is 18.5. The lowest BCUT2D eigenvalue weighted by atomic mass is 9.95. The van der Waals surface area contributed by atoms with Gasteiger partial charge in [-0.3, -0.25) is 9.59 Å². The van der Waals surface area contributed by atoms with Gasteiger partial charge in [-0.15, -0.1) is 11.3 Å².